The van der Waals surface area contributed by atoms with Crippen molar-refractivity contribution in [1.82, 2.24) is 0 Å². The molecule has 2 aromatic carbocycles. The lowest BCUT2D eigenvalue weighted by atomic mass is 10.1. The van der Waals surface area contributed by atoms with Gasteiger partial charge in [0.2, 0.25) is 11.8 Å². The topological polar surface area (TPSA) is 67.4 Å². The molecule has 2 aromatic rings. The maximum Gasteiger partial charge on any atom is 0.416 e. The summed E-state index contributed by atoms with van der Waals surface area (Å²) in [5, 5.41) is 5.05. The molecule has 0 fully saturated rings. The minimum absolute atomic E-state index is 0.0519. The van der Waals surface area contributed by atoms with E-state index in [1.807, 2.05) is 6.92 Å². The average molecular weight is 406 g/mol. The van der Waals surface area contributed by atoms with Crippen LogP contribution in [0.3, 0.4) is 0 Å². The van der Waals surface area contributed by atoms with Crippen LogP contribution in [0.25, 0.3) is 6.08 Å². The van der Waals surface area contributed by atoms with Crippen molar-refractivity contribution in [3.63, 3.8) is 0 Å². The standard InChI is InChI=1S/C21H21F3N2O3/c1-3-12-29-19-10-7-16(21(22,23)24)13-18(19)26-20(28)11-6-15-4-8-17(9-5-15)25-14(2)27/h4-11,13H,3,12H2,1-2H3,(H,25,27)(H,26,28)/b11-6+. The summed E-state index contributed by atoms with van der Waals surface area (Å²) < 4.78 is 44.4. The van der Waals surface area contributed by atoms with E-state index in [0.717, 1.165) is 12.1 Å². The molecule has 154 valence electrons. The zero-order valence-electron chi connectivity index (χ0n) is 16.0. The van der Waals surface area contributed by atoms with Crippen LogP contribution in [0.1, 0.15) is 31.4 Å². The second kappa shape index (κ2) is 9.77. The van der Waals surface area contributed by atoms with Crippen LogP contribution in [0.2, 0.25) is 0 Å². The summed E-state index contributed by atoms with van der Waals surface area (Å²) in [6, 6.07) is 9.67. The van der Waals surface area contributed by atoms with Crippen molar-refractivity contribution < 1.29 is 27.5 Å². The number of alkyl halides is 3. The van der Waals surface area contributed by atoms with Crippen LogP contribution in [-0.4, -0.2) is 18.4 Å². The Kier molecular flexibility index (Phi) is 7.41. The first-order valence-corrected chi connectivity index (χ1v) is 8.90. The van der Waals surface area contributed by atoms with E-state index in [9.17, 15) is 22.8 Å². The summed E-state index contributed by atoms with van der Waals surface area (Å²) in [5.41, 5.74) is 0.361. The smallest absolute Gasteiger partial charge is 0.416 e. The van der Waals surface area contributed by atoms with Crippen LogP contribution < -0.4 is 15.4 Å². The van der Waals surface area contributed by atoms with Crippen molar-refractivity contribution in [3.05, 3.63) is 59.7 Å². The fraction of sp³-hybridized carbons (Fsp3) is 0.238. The number of carbonyl (C=O) groups is 2. The molecule has 0 unspecified atom stereocenters. The van der Waals surface area contributed by atoms with Crippen LogP contribution in [0.5, 0.6) is 5.75 Å². The van der Waals surface area contributed by atoms with Gasteiger partial charge >= 0.3 is 6.18 Å². The molecule has 0 aliphatic rings. The molecule has 0 radical (unpaired) electrons. The van der Waals surface area contributed by atoms with E-state index in [1.54, 1.807) is 24.3 Å². The van der Waals surface area contributed by atoms with Gasteiger partial charge in [0.05, 0.1) is 17.9 Å². The first kappa shape index (κ1) is 22.0. The number of ether oxygens (including phenoxy) is 1. The zero-order valence-corrected chi connectivity index (χ0v) is 16.0. The third kappa shape index (κ3) is 6.99. The lowest BCUT2D eigenvalue weighted by Crippen LogP contribution is -2.12. The highest BCUT2D eigenvalue weighted by Crippen LogP contribution is 2.35. The number of halogens is 3. The van der Waals surface area contributed by atoms with Gasteiger partial charge in [-0.05, 0) is 48.4 Å². The minimum atomic E-state index is -4.53. The van der Waals surface area contributed by atoms with Gasteiger partial charge in [0, 0.05) is 18.7 Å². The SMILES string of the molecule is CCCOc1ccc(C(F)(F)F)cc1NC(=O)/C=C/c1ccc(NC(C)=O)cc1. The maximum atomic E-state index is 13.0. The number of rotatable bonds is 7. The Morgan fingerprint density at radius 1 is 1.07 bits per heavy atom. The maximum absolute atomic E-state index is 13.0. The largest absolute Gasteiger partial charge is 0.491 e. The van der Waals surface area contributed by atoms with Gasteiger partial charge in [-0.3, -0.25) is 9.59 Å². The summed E-state index contributed by atoms with van der Waals surface area (Å²) in [7, 11) is 0. The number of hydrogen-bond acceptors (Lipinski definition) is 3. The number of hydrogen-bond donors (Lipinski definition) is 2. The molecule has 0 heterocycles. The van der Waals surface area contributed by atoms with E-state index in [1.165, 1.54) is 25.1 Å². The fourth-order valence-corrected chi connectivity index (χ4v) is 2.37. The van der Waals surface area contributed by atoms with Gasteiger partial charge in [0.25, 0.3) is 0 Å². The summed E-state index contributed by atoms with van der Waals surface area (Å²) in [5.74, 6) is -0.632. The highest BCUT2D eigenvalue weighted by molar-refractivity contribution is 6.02. The Hall–Kier alpha value is -3.29. The number of carbonyl (C=O) groups excluding carboxylic acids is 2. The number of benzene rings is 2. The molecule has 0 bridgehead atoms. The fourth-order valence-electron chi connectivity index (χ4n) is 2.37. The predicted molar refractivity (Wildman–Crippen MR) is 106 cm³/mol. The Bertz CT molecular complexity index is 891. The second-order valence-electron chi connectivity index (χ2n) is 6.18. The van der Waals surface area contributed by atoms with Gasteiger partial charge in [0.15, 0.2) is 0 Å². The Morgan fingerprint density at radius 3 is 2.34 bits per heavy atom. The predicted octanol–water partition coefficient (Wildman–Crippen LogP) is 5.10. The van der Waals surface area contributed by atoms with Crippen molar-refractivity contribution in [2.24, 2.45) is 0 Å². The Morgan fingerprint density at radius 2 is 1.76 bits per heavy atom. The van der Waals surface area contributed by atoms with E-state index in [0.29, 0.717) is 24.3 Å². The first-order chi connectivity index (χ1) is 13.7. The molecule has 0 spiro atoms. The molecule has 2 amide bonds. The summed E-state index contributed by atoms with van der Waals surface area (Å²) in [6.07, 6.45) is -1.15. The minimum Gasteiger partial charge on any atom is -0.491 e. The first-order valence-electron chi connectivity index (χ1n) is 8.90. The van der Waals surface area contributed by atoms with Crippen molar-refractivity contribution in [2.45, 2.75) is 26.4 Å². The normalized spacial score (nSPS) is 11.3. The third-order valence-electron chi connectivity index (χ3n) is 3.68. The number of anilines is 2. The van der Waals surface area contributed by atoms with Crippen LogP contribution >= 0.6 is 0 Å². The molecule has 0 saturated heterocycles. The Labute approximate surface area is 166 Å². The monoisotopic (exact) mass is 406 g/mol. The molecule has 0 saturated carbocycles. The van der Waals surface area contributed by atoms with E-state index < -0.39 is 17.6 Å². The summed E-state index contributed by atoms with van der Waals surface area (Å²) in [6.45, 7) is 3.57. The van der Waals surface area contributed by atoms with Crippen molar-refractivity contribution in [2.75, 3.05) is 17.2 Å². The zero-order chi connectivity index (χ0) is 21.4. The van der Waals surface area contributed by atoms with Gasteiger partial charge < -0.3 is 15.4 Å². The van der Waals surface area contributed by atoms with Crippen LogP contribution in [0.4, 0.5) is 24.5 Å². The van der Waals surface area contributed by atoms with E-state index in [-0.39, 0.29) is 17.3 Å². The van der Waals surface area contributed by atoms with Crippen LogP contribution in [0, 0.1) is 0 Å². The highest BCUT2D eigenvalue weighted by atomic mass is 19.4. The highest BCUT2D eigenvalue weighted by Gasteiger charge is 2.31. The van der Waals surface area contributed by atoms with Crippen LogP contribution in [-0.2, 0) is 15.8 Å². The third-order valence-corrected chi connectivity index (χ3v) is 3.68. The van der Waals surface area contributed by atoms with Gasteiger partial charge in [-0.1, -0.05) is 19.1 Å². The second-order valence-corrected chi connectivity index (χ2v) is 6.18. The molecular weight excluding hydrogens is 385 g/mol. The van der Waals surface area contributed by atoms with Crippen LogP contribution in [0.15, 0.2) is 48.5 Å². The molecule has 2 rings (SSSR count). The van der Waals surface area contributed by atoms with E-state index in [2.05, 4.69) is 10.6 Å². The molecule has 2 N–H and O–H groups in total. The molecule has 0 atom stereocenters. The van der Waals surface area contributed by atoms with Crippen molar-refractivity contribution >= 4 is 29.3 Å². The molecule has 5 nitrogen and oxygen atoms in total. The van der Waals surface area contributed by atoms with Crippen molar-refractivity contribution in [1.29, 1.82) is 0 Å². The lowest BCUT2D eigenvalue weighted by Gasteiger charge is -2.14. The summed E-state index contributed by atoms with van der Waals surface area (Å²) in [4.78, 5) is 23.2. The molecule has 8 heteroatoms. The molecular formula is C21H21F3N2O3. The van der Waals surface area contributed by atoms with Gasteiger partial charge in [-0.2, -0.15) is 13.2 Å². The average Bonchev–Trinajstić information content (AvgIpc) is 2.65. The van der Waals surface area contributed by atoms with Gasteiger partial charge in [-0.25, -0.2) is 0 Å². The lowest BCUT2D eigenvalue weighted by molar-refractivity contribution is -0.137. The molecule has 0 aromatic heterocycles. The molecule has 0 aliphatic carbocycles. The Balaban J connectivity index is 2.13. The summed E-state index contributed by atoms with van der Waals surface area (Å²) >= 11 is 0. The molecule has 0 aliphatic heterocycles. The van der Waals surface area contributed by atoms with Gasteiger partial charge in [0.1, 0.15) is 5.75 Å². The van der Waals surface area contributed by atoms with Crippen molar-refractivity contribution in [3.8, 4) is 5.75 Å². The number of nitrogens with one attached hydrogen (secondary N) is 2. The quantitative estimate of drug-likeness (QED) is 0.629. The number of amides is 2. The van der Waals surface area contributed by atoms with Gasteiger partial charge in [-0.15, -0.1) is 0 Å². The molecule has 29 heavy (non-hydrogen) atoms. The van der Waals surface area contributed by atoms with E-state index >= 15 is 0 Å². The van der Waals surface area contributed by atoms with E-state index in [4.69, 9.17) is 4.74 Å².